The minimum atomic E-state index is -3.93. The molecule has 1 heterocycles. The molecule has 8 nitrogen and oxygen atoms in total. The molecule has 178 valence electrons. The monoisotopic (exact) mass is 482 g/mol. The van der Waals surface area contributed by atoms with Crippen LogP contribution in [-0.2, 0) is 21.4 Å². The Hall–Kier alpha value is -3.56. The van der Waals surface area contributed by atoms with E-state index >= 15 is 0 Å². The number of amides is 1. The summed E-state index contributed by atoms with van der Waals surface area (Å²) in [6.45, 7) is 2.18. The van der Waals surface area contributed by atoms with Crippen molar-refractivity contribution in [2.24, 2.45) is 0 Å². The van der Waals surface area contributed by atoms with E-state index in [0.717, 1.165) is 5.56 Å². The van der Waals surface area contributed by atoms with Gasteiger partial charge in [0, 0.05) is 18.8 Å². The van der Waals surface area contributed by atoms with Gasteiger partial charge in [-0.3, -0.25) is 9.52 Å². The van der Waals surface area contributed by atoms with Gasteiger partial charge < -0.3 is 19.1 Å². The molecule has 1 amide bonds. The number of hydrogen-bond donors (Lipinski definition) is 1. The number of sulfonamides is 1. The fraction of sp³-hybridized carbons (Fsp3) is 0.240. The summed E-state index contributed by atoms with van der Waals surface area (Å²) >= 11 is 0. The molecule has 1 aliphatic heterocycles. The number of benzene rings is 3. The number of carbonyl (C=O) groups is 1. The van der Waals surface area contributed by atoms with Crippen LogP contribution in [0.2, 0.25) is 0 Å². The lowest BCUT2D eigenvalue weighted by atomic mass is 10.1. The smallest absolute Gasteiger partial charge is 0.261 e. The van der Waals surface area contributed by atoms with Crippen molar-refractivity contribution in [3.63, 3.8) is 0 Å². The van der Waals surface area contributed by atoms with Crippen LogP contribution in [0.25, 0.3) is 0 Å². The third-order valence-electron chi connectivity index (χ3n) is 5.36. The maximum Gasteiger partial charge on any atom is 0.261 e. The Morgan fingerprint density at radius 3 is 2.38 bits per heavy atom. The molecule has 0 atom stereocenters. The molecule has 1 N–H and O–H groups in total. The molecular weight excluding hydrogens is 456 g/mol. The van der Waals surface area contributed by atoms with Crippen LogP contribution >= 0.6 is 0 Å². The molecule has 9 heteroatoms. The Bertz CT molecular complexity index is 1220. The lowest BCUT2D eigenvalue weighted by Gasteiger charge is -2.27. The maximum absolute atomic E-state index is 13.0. The number of methoxy groups -OCH3 is 1. The number of hydrogen-bond acceptors (Lipinski definition) is 6. The molecule has 1 fully saturated rings. The average Bonchev–Trinajstić information content (AvgIpc) is 2.88. The van der Waals surface area contributed by atoms with Crippen LogP contribution in [0.15, 0.2) is 77.7 Å². The first kappa shape index (κ1) is 23.6. The molecule has 0 bridgehead atoms. The van der Waals surface area contributed by atoms with Crippen LogP contribution < -0.4 is 14.2 Å². The SMILES string of the molecule is COc1ccc(S(=O)(=O)Nc2ccc(OCc3ccccc3)cc2)cc1C(=O)N1CCOCC1. The second kappa shape index (κ2) is 10.6. The van der Waals surface area contributed by atoms with Crippen molar-refractivity contribution in [1.29, 1.82) is 0 Å². The van der Waals surface area contributed by atoms with Crippen LogP contribution in [0.3, 0.4) is 0 Å². The lowest BCUT2D eigenvalue weighted by molar-refractivity contribution is 0.0300. The number of nitrogens with zero attached hydrogens (tertiary/aromatic N) is 1. The van der Waals surface area contributed by atoms with Gasteiger partial charge >= 0.3 is 0 Å². The summed E-state index contributed by atoms with van der Waals surface area (Å²) in [5.41, 5.74) is 1.61. The van der Waals surface area contributed by atoms with Gasteiger partial charge in [-0.25, -0.2) is 8.42 Å². The van der Waals surface area contributed by atoms with E-state index in [1.165, 1.54) is 25.3 Å². The van der Waals surface area contributed by atoms with Crippen molar-refractivity contribution < 1.29 is 27.4 Å². The number of carbonyl (C=O) groups excluding carboxylic acids is 1. The summed E-state index contributed by atoms with van der Waals surface area (Å²) in [4.78, 5) is 14.6. The summed E-state index contributed by atoms with van der Waals surface area (Å²) in [5, 5.41) is 0. The number of rotatable bonds is 8. The molecule has 34 heavy (non-hydrogen) atoms. The van der Waals surface area contributed by atoms with E-state index in [-0.39, 0.29) is 16.4 Å². The predicted molar refractivity (Wildman–Crippen MR) is 128 cm³/mol. The normalized spacial score (nSPS) is 13.9. The Morgan fingerprint density at radius 1 is 1.00 bits per heavy atom. The average molecular weight is 483 g/mol. The highest BCUT2D eigenvalue weighted by molar-refractivity contribution is 7.92. The number of nitrogens with one attached hydrogen (secondary N) is 1. The molecule has 1 aliphatic rings. The van der Waals surface area contributed by atoms with Gasteiger partial charge in [0.2, 0.25) is 0 Å². The first-order valence-electron chi connectivity index (χ1n) is 10.8. The minimum absolute atomic E-state index is 0.0330. The first-order chi connectivity index (χ1) is 16.5. The number of anilines is 1. The van der Waals surface area contributed by atoms with Gasteiger partial charge in [-0.2, -0.15) is 0 Å². The van der Waals surface area contributed by atoms with Crippen LogP contribution in [0.5, 0.6) is 11.5 Å². The third kappa shape index (κ3) is 5.67. The quantitative estimate of drug-likeness (QED) is 0.528. The van der Waals surface area contributed by atoms with Crippen LogP contribution in [0.4, 0.5) is 5.69 Å². The minimum Gasteiger partial charge on any atom is -0.496 e. The molecule has 0 aliphatic carbocycles. The molecule has 0 aromatic heterocycles. The van der Waals surface area contributed by atoms with Crippen LogP contribution in [0.1, 0.15) is 15.9 Å². The Balaban J connectivity index is 1.47. The van der Waals surface area contributed by atoms with Gasteiger partial charge in [-0.05, 0) is 48.0 Å². The van der Waals surface area contributed by atoms with Gasteiger partial charge in [-0.1, -0.05) is 30.3 Å². The van der Waals surface area contributed by atoms with E-state index in [0.29, 0.717) is 50.1 Å². The van der Waals surface area contributed by atoms with E-state index in [4.69, 9.17) is 14.2 Å². The number of ether oxygens (including phenoxy) is 3. The maximum atomic E-state index is 13.0. The van der Waals surface area contributed by atoms with Gasteiger partial charge in [0.1, 0.15) is 18.1 Å². The Kier molecular flexibility index (Phi) is 7.34. The summed E-state index contributed by atoms with van der Waals surface area (Å²) < 4.78 is 44.9. The standard InChI is InChI=1S/C25H26N2O6S/c1-31-24-12-11-22(17-23(24)25(28)27-13-15-32-16-14-27)34(29,30)26-20-7-9-21(10-8-20)33-18-19-5-3-2-4-6-19/h2-12,17,26H,13-16,18H2,1H3. The summed E-state index contributed by atoms with van der Waals surface area (Å²) in [6, 6.07) is 20.6. The largest absolute Gasteiger partial charge is 0.496 e. The van der Waals surface area contributed by atoms with Crippen LogP contribution in [0, 0.1) is 0 Å². The van der Waals surface area contributed by atoms with E-state index in [9.17, 15) is 13.2 Å². The fourth-order valence-corrected chi connectivity index (χ4v) is 4.62. The van der Waals surface area contributed by atoms with Crippen molar-refractivity contribution in [1.82, 2.24) is 4.90 Å². The number of morpholine rings is 1. The topological polar surface area (TPSA) is 94.2 Å². The van der Waals surface area contributed by atoms with Crippen molar-refractivity contribution in [2.45, 2.75) is 11.5 Å². The van der Waals surface area contributed by atoms with E-state index < -0.39 is 10.0 Å². The summed E-state index contributed by atoms with van der Waals surface area (Å²) in [5.74, 6) is 0.641. The van der Waals surface area contributed by atoms with E-state index in [2.05, 4.69) is 4.72 Å². The molecule has 4 rings (SSSR count). The van der Waals surface area contributed by atoms with E-state index in [1.54, 1.807) is 29.2 Å². The van der Waals surface area contributed by atoms with Crippen molar-refractivity contribution in [2.75, 3.05) is 38.1 Å². The lowest BCUT2D eigenvalue weighted by Crippen LogP contribution is -2.40. The van der Waals surface area contributed by atoms with Crippen molar-refractivity contribution >= 4 is 21.6 Å². The summed E-state index contributed by atoms with van der Waals surface area (Å²) in [7, 11) is -2.49. The highest BCUT2D eigenvalue weighted by Crippen LogP contribution is 2.26. The molecule has 0 saturated carbocycles. The van der Waals surface area contributed by atoms with Gasteiger partial charge in [0.05, 0.1) is 30.8 Å². The van der Waals surface area contributed by atoms with Gasteiger partial charge in [-0.15, -0.1) is 0 Å². The Morgan fingerprint density at radius 2 is 1.71 bits per heavy atom. The Labute approximate surface area is 199 Å². The molecule has 1 saturated heterocycles. The summed E-state index contributed by atoms with van der Waals surface area (Å²) in [6.07, 6.45) is 0. The molecule has 0 unspecified atom stereocenters. The zero-order valence-electron chi connectivity index (χ0n) is 18.8. The van der Waals surface area contributed by atoms with E-state index in [1.807, 2.05) is 30.3 Å². The van der Waals surface area contributed by atoms with Gasteiger partial charge in [0.25, 0.3) is 15.9 Å². The third-order valence-corrected chi connectivity index (χ3v) is 6.74. The second-order valence-electron chi connectivity index (χ2n) is 7.67. The highest BCUT2D eigenvalue weighted by atomic mass is 32.2. The fourth-order valence-electron chi connectivity index (χ4n) is 3.53. The zero-order valence-corrected chi connectivity index (χ0v) is 19.6. The second-order valence-corrected chi connectivity index (χ2v) is 9.35. The van der Waals surface area contributed by atoms with Gasteiger partial charge in [0.15, 0.2) is 0 Å². The van der Waals surface area contributed by atoms with Crippen LogP contribution in [-0.4, -0.2) is 52.6 Å². The van der Waals surface area contributed by atoms with Crippen molar-refractivity contribution in [3.8, 4) is 11.5 Å². The molecule has 0 radical (unpaired) electrons. The predicted octanol–water partition coefficient (Wildman–Crippen LogP) is 3.55. The molecular formula is C25H26N2O6S. The molecule has 3 aromatic rings. The van der Waals surface area contributed by atoms with Crippen molar-refractivity contribution in [3.05, 3.63) is 83.9 Å². The zero-order chi connectivity index (χ0) is 24.0. The molecule has 3 aromatic carbocycles. The first-order valence-corrected chi connectivity index (χ1v) is 12.3. The molecule has 0 spiro atoms. The highest BCUT2D eigenvalue weighted by Gasteiger charge is 2.24.